The number of carbonyl (C=O) groups is 1. The number of β-amino-alcohol motifs (C(OH)–C–C–N with tert-alkyl or cyclic N) is 2. The lowest BCUT2D eigenvalue weighted by atomic mass is 10.2. The zero-order valence-electron chi connectivity index (χ0n) is 9.84. The van der Waals surface area contributed by atoms with Crippen molar-refractivity contribution < 1.29 is 15.0 Å². The van der Waals surface area contributed by atoms with Gasteiger partial charge in [0.1, 0.15) is 0 Å². The number of hydrogen-bond acceptors (Lipinski definition) is 4. The van der Waals surface area contributed by atoms with E-state index in [9.17, 15) is 15.0 Å². The standard InChI is InChI=1S/C12H14ClNO3S/c1-18-7-2-3-9(13)8(4-7)12(17)14-5-10(15)11(16)6-14/h2-4,10-11,15-16H,5-6H2,1H3. The van der Waals surface area contributed by atoms with Gasteiger partial charge in [-0.05, 0) is 24.5 Å². The van der Waals surface area contributed by atoms with Crippen molar-refractivity contribution in [1.29, 1.82) is 0 Å². The Hall–Kier alpha value is -0.750. The maximum absolute atomic E-state index is 12.2. The first-order valence-electron chi connectivity index (χ1n) is 5.52. The Labute approximate surface area is 115 Å². The molecule has 4 nitrogen and oxygen atoms in total. The van der Waals surface area contributed by atoms with Crippen molar-refractivity contribution in [2.45, 2.75) is 17.1 Å². The molecular formula is C12H14ClNO3S. The van der Waals surface area contributed by atoms with Crippen LogP contribution in [-0.4, -0.2) is 52.6 Å². The minimum absolute atomic E-state index is 0.139. The van der Waals surface area contributed by atoms with E-state index in [1.165, 1.54) is 16.7 Å². The second-order valence-electron chi connectivity index (χ2n) is 4.19. The summed E-state index contributed by atoms with van der Waals surface area (Å²) in [6.45, 7) is 0.277. The van der Waals surface area contributed by atoms with Crippen molar-refractivity contribution in [3.8, 4) is 0 Å². The number of aliphatic hydroxyl groups is 2. The molecule has 1 saturated heterocycles. The molecule has 1 aliphatic rings. The number of likely N-dealkylation sites (tertiary alicyclic amines) is 1. The van der Waals surface area contributed by atoms with Gasteiger partial charge in [-0.1, -0.05) is 11.6 Å². The maximum Gasteiger partial charge on any atom is 0.255 e. The van der Waals surface area contributed by atoms with E-state index in [0.29, 0.717) is 10.6 Å². The summed E-state index contributed by atoms with van der Waals surface area (Å²) in [5.41, 5.74) is 0.407. The average molecular weight is 288 g/mol. The van der Waals surface area contributed by atoms with Crippen LogP contribution in [0, 0.1) is 0 Å². The van der Waals surface area contributed by atoms with Crippen molar-refractivity contribution >= 4 is 29.3 Å². The van der Waals surface area contributed by atoms with E-state index < -0.39 is 12.2 Å². The summed E-state index contributed by atoms with van der Waals surface area (Å²) in [7, 11) is 0. The first-order chi connectivity index (χ1) is 8.52. The summed E-state index contributed by atoms with van der Waals surface area (Å²) in [5, 5.41) is 19.3. The fourth-order valence-corrected chi connectivity index (χ4v) is 2.54. The fraction of sp³-hybridized carbons (Fsp3) is 0.417. The number of rotatable bonds is 2. The molecule has 0 aliphatic carbocycles. The van der Waals surface area contributed by atoms with Gasteiger partial charge < -0.3 is 15.1 Å². The summed E-state index contributed by atoms with van der Waals surface area (Å²) < 4.78 is 0. The number of benzene rings is 1. The zero-order valence-corrected chi connectivity index (χ0v) is 11.4. The Balaban J connectivity index is 2.23. The van der Waals surface area contributed by atoms with E-state index in [1.54, 1.807) is 12.1 Å². The summed E-state index contributed by atoms with van der Waals surface area (Å²) in [5.74, 6) is -0.258. The molecule has 1 aromatic carbocycles. The summed E-state index contributed by atoms with van der Waals surface area (Å²) in [6, 6.07) is 5.26. The van der Waals surface area contributed by atoms with Crippen LogP contribution in [0.3, 0.4) is 0 Å². The van der Waals surface area contributed by atoms with Gasteiger partial charge in [0.15, 0.2) is 0 Å². The highest BCUT2D eigenvalue weighted by molar-refractivity contribution is 7.98. The first-order valence-corrected chi connectivity index (χ1v) is 7.12. The SMILES string of the molecule is CSc1ccc(Cl)c(C(=O)N2CC(O)C(O)C2)c1. The predicted octanol–water partition coefficient (Wildman–Crippen LogP) is 1.24. The minimum Gasteiger partial charge on any atom is -0.388 e. The van der Waals surface area contributed by atoms with E-state index in [2.05, 4.69) is 0 Å². The van der Waals surface area contributed by atoms with Gasteiger partial charge in [-0.2, -0.15) is 0 Å². The van der Waals surface area contributed by atoms with E-state index in [1.807, 2.05) is 12.3 Å². The minimum atomic E-state index is -0.878. The second-order valence-corrected chi connectivity index (χ2v) is 5.48. The molecule has 1 aromatic rings. The van der Waals surface area contributed by atoms with Crippen LogP contribution in [0.25, 0.3) is 0 Å². The number of aliphatic hydroxyl groups excluding tert-OH is 2. The highest BCUT2D eigenvalue weighted by Crippen LogP contribution is 2.25. The fourth-order valence-electron chi connectivity index (χ4n) is 1.90. The van der Waals surface area contributed by atoms with E-state index in [-0.39, 0.29) is 19.0 Å². The van der Waals surface area contributed by atoms with Crippen LogP contribution in [0.15, 0.2) is 23.1 Å². The molecule has 1 amide bonds. The zero-order chi connectivity index (χ0) is 13.3. The lowest BCUT2D eigenvalue weighted by Crippen LogP contribution is -2.30. The lowest BCUT2D eigenvalue weighted by Gasteiger charge is -2.16. The second kappa shape index (κ2) is 5.48. The van der Waals surface area contributed by atoms with Crippen molar-refractivity contribution in [2.75, 3.05) is 19.3 Å². The summed E-state index contributed by atoms with van der Waals surface area (Å²) in [4.78, 5) is 14.6. The average Bonchev–Trinajstić information content (AvgIpc) is 2.69. The topological polar surface area (TPSA) is 60.8 Å². The number of halogens is 1. The number of amides is 1. The molecule has 18 heavy (non-hydrogen) atoms. The molecule has 0 saturated carbocycles. The molecule has 1 heterocycles. The number of hydrogen-bond donors (Lipinski definition) is 2. The third kappa shape index (κ3) is 2.64. The Morgan fingerprint density at radius 1 is 1.39 bits per heavy atom. The van der Waals surface area contributed by atoms with Crippen LogP contribution >= 0.6 is 23.4 Å². The molecule has 0 radical (unpaired) electrons. The van der Waals surface area contributed by atoms with Crippen LogP contribution in [0.1, 0.15) is 10.4 Å². The van der Waals surface area contributed by atoms with Crippen molar-refractivity contribution in [1.82, 2.24) is 4.90 Å². The molecule has 0 aromatic heterocycles. The molecule has 0 bridgehead atoms. The molecule has 2 N–H and O–H groups in total. The number of carbonyl (C=O) groups excluding carboxylic acids is 1. The van der Waals surface area contributed by atoms with Crippen molar-refractivity contribution in [3.63, 3.8) is 0 Å². The molecule has 1 aliphatic heterocycles. The third-order valence-corrected chi connectivity index (χ3v) is 4.01. The Bertz CT molecular complexity index is 459. The number of nitrogens with zero attached hydrogens (tertiary/aromatic N) is 1. The van der Waals surface area contributed by atoms with Gasteiger partial charge in [-0.25, -0.2) is 0 Å². The van der Waals surface area contributed by atoms with Gasteiger partial charge in [0, 0.05) is 18.0 Å². The highest BCUT2D eigenvalue weighted by Gasteiger charge is 2.33. The van der Waals surface area contributed by atoms with Crippen LogP contribution in [0.2, 0.25) is 5.02 Å². The summed E-state index contributed by atoms with van der Waals surface area (Å²) in [6.07, 6.45) is 0.161. The molecule has 2 unspecified atom stereocenters. The maximum atomic E-state index is 12.2. The highest BCUT2D eigenvalue weighted by atomic mass is 35.5. The monoisotopic (exact) mass is 287 g/mol. The molecular weight excluding hydrogens is 274 g/mol. The quantitative estimate of drug-likeness (QED) is 0.804. The van der Waals surface area contributed by atoms with Crippen LogP contribution < -0.4 is 0 Å². The lowest BCUT2D eigenvalue weighted by molar-refractivity contribution is 0.0572. The van der Waals surface area contributed by atoms with E-state index in [4.69, 9.17) is 11.6 Å². The van der Waals surface area contributed by atoms with Crippen molar-refractivity contribution in [2.24, 2.45) is 0 Å². The van der Waals surface area contributed by atoms with E-state index in [0.717, 1.165) is 4.90 Å². The summed E-state index contributed by atoms with van der Waals surface area (Å²) >= 11 is 7.54. The molecule has 2 rings (SSSR count). The van der Waals surface area contributed by atoms with Crippen LogP contribution in [-0.2, 0) is 0 Å². The predicted molar refractivity (Wildman–Crippen MR) is 71.2 cm³/mol. The molecule has 98 valence electrons. The van der Waals surface area contributed by atoms with Gasteiger partial charge in [0.25, 0.3) is 5.91 Å². The van der Waals surface area contributed by atoms with Gasteiger partial charge in [0.2, 0.25) is 0 Å². The van der Waals surface area contributed by atoms with Gasteiger partial charge >= 0.3 is 0 Å². The van der Waals surface area contributed by atoms with Gasteiger partial charge in [-0.3, -0.25) is 4.79 Å². The third-order valence-electron chi connectivity index (χ3n) is 2.95. The molecule has 2 atom stereocenters. The Morgan fingerprint density at radius 3 is 2.56 bits per heavy atom. The normalized spacial score (nSPS) is 23.4. The molecule has 0 spiro atoms. The number of thioether (sulfide) groups is 1. The Kier molecular flexibility index (Phi) is 4.17. The van der Waals surface area contributed by atoms with Crippen LogP contribution in [0.5, 0.6) is 0 Å². The van der Waals surface area contributed by atoms with E-state index >= 15 is 0 Å². The van der Waals surface area contributed by atoms with Gasteiger partial charge in [0.05, 0.1) is 22.8 Å². The largest absolute Gasteiger partial charge is 0.388 e. The van der Waals surface area contributed by atoms with Crippen LogP contribution in [0.4, 0.5) is 0 Å². The van der Waals surface area contributed by atoms with Crippen molar-refractivity contribution in [3.05, 3.63) is 28.8 Å². The van der Waals surface area contributed by atoms with Gasteiger partial charge in [-0.15, -0.1) is 11.8 Å². The smallest absolute Gasteiger partial charge is 0.255 e. The first kappa shape index (κ1) is 13.7. The molecule has 6 heteroatoms. The Morgan fingerprint density at radius 2 is 2.00 bits per heavy atom. The molecule has 1 fully saturated rings.